The lowest BCUT2D eigenvalue weighted by atomic mass is 10.1. The molecule has 2 aromatic heterocycles. The molecule has 1 aromatic carbocycles. The summed E-state index contributed by atoms with van der Waals surface area (Å²) in [5.74, 6) is 0.713. The molecule has 0 aliphatic rings. The first-order valence-corrected chi connectivity index (χ1v) is 7.99. The van der Waals surface area contributed by atoms with Gasteiger partial charge in [0.15, 0.2) is 5.82 Å². The number of benzene rings is 1. The van der Waals surface area contributed by atoms with Crippen molar-refractivity contribution in [3.8, 4) is 5.82 Å². The van der Waals surface area contributed by atoms with Gasteiger partial charge in [0, 0.05) is 23.8 Å². The molecule has 2 heterocycles. The van der Waals surface area contributed by atoms with Gasteiger partial charge in [-0.25, -0.2) is 14.6 Å². The maximum absolute atomic E-state index is 10.2. The van der Waals surface area contributed by atoms with Gasteiger partial charge in [-0.3, -0.25) is 0 Å². The van der Waals surface area contributed by atoms with Crippen molar-refractivity contribution in [2.45, 2.75) is 19.1 Å². The maximum atomic E-state index is 10.2. The van der Waals surface area contributed by atoms with E-state index in [-0.39, 0.29) is 6.04 Å². The first-order chi connectivity index (χ1) is 11.6. The number of nitrogens with one attached hydrogen (secondary N) is 1. The fraction of sp³-hybridized carbons (Fsp3) is 0.235. The predicted molar refractivity (Wildman–Crippen MR) is 92.0 cm³/mol. The minimum absolute atomic E-state index is 0.0595. The number of hydrogen-bond donors (Lipinski definition) is 2. The molecule has 0 saturated heterocycles. The lowest BCUT2D eigenvalue weighted by Crippen LogP contribution is -2.24. The van der Waals surface area contributed by atoms with Crippen molar-refractivity contribution in [2.24, 2.45) is 0 Å². The number of rotatable bonds is 6. The maximum Gasteiger partial charge on any atom is 0.155 e. The number of hydrogen-bond acceptors (Lipinski definition) is 5. The van der Waals surface area contributed by atoms with E-state index in [4.69, 9.17) is 11.6 Å². The van der Waals surface area contributed by atoms with E-state index in [1.54, 1.807) is 29.3 Å². The van der Waals surface area contributed by atoms with Gasteiger partial charge >= 0.3 is 0 Å². The Labute approximate surface area is 145 Å². The molecule has 0 fully saturated rings. The Morgan fingerprint density at radius 1 is 1.17 bits per heavy atom. The van der Waals surface area contributed by atoms with E-state index >= 15 is 0 Å². The Hall–Kier alpha value is -2.28. The zero-order chi connectivity index (χ0) is 16.9. The van der Waals surface area contributed by atoms with Crippen molar-refractivity contribution in [3.63, 3.8) is 0 Å². The minimum Gasteiger partial charge on any atom is -0.387 e. The first-order valence-electron chi connectivity index (χ1n) is 7.61. The summed E-state index contributed by atoms with van der Waals surface area (Å²) in [6.07, 6.45) is 4.28. The number of halogens is 1. The largest absolute Gasteiger partial charge is 0.387 e. The average Bonchev–Trinajstić information content (AvgIpc) is 3.15. The molecule has 1 unspecified atom stereocenters. The number of aromatic nitrogens is 4. The third kappa shape index (κ3) is 3.97. The van der Waals surface area contributed by atoms with E-state index in [1.807, 2.05) is 31.2 Å². The molecule has 24 heavy (non-hydrogen) atoms. The van der Waals surface area contributed by atoms with E-state index in [0.717, 1.165) is 11.1 Å². The topological polar surface area (TPSA) is 75.9 Å². The highest BCUT2D eigenvalue weighted by Gasteiger charge is 2.11. The Bertz CT molecular complexity index is 759. The van der Waals surface area contributed by atoms with E-state index in [1.165, 1.54) is 6.33 Å². The number of nitrogens with zero attached hydrogens (tertiary/aromatic N) is 4. The van der Waals surface area contributed by atoms with Gasteiger partial charge in [-0.15, -0.1) is 0 Å². The van der Waals surface area contributed by atoms with Crippen LogP contribution >= 0.6 is 11.6 Å². The zero-order valence-corrected chi connectivity index (χ0v) is 13.9. The van der Waals surface area contributed by atoms with E-state index in [9.17, 15) is 5.11 Å². The molecule has 2 atom stereocenters. The van der Waals surface area contributed by atoms with Gasteiger partial charge in [0.1, 0.15) is 12.7 Å². The van der Waals surface area contributed by atoms with Crippen LogP contribution in [0, 0.1) is 0 Å². The van der Waals surface area contributed by atoms with Crippen molar-refractivity contribution in [1.29, 1.82) is 0 Å². The molecule has 0 saturated carbocycles. The van der Waals surface area contributed by atoms with Crippen molar-refractivity contribution in [2.75, 3.05) is 6.54 Å². The highest BCUT2D eigenvalue weighted by Crippen LogP contribution is 2.18. The Morgan fingerprint density at radius 2 is 1.92 bits per heavy atom. The molecular formula is C17H18ClN5O. The lowest BCUT2D eigenvalue weighted by Gasteiger charge is -2.18. The van der Waals surface area contributed by atoms with Crippen LogP contribution in [0.25, 0.3) is 5.82 Å². The summed E-state index contributed by atoms with van der Waals surface area (Å²) in [6.45, 7) is 2.47. The highest BCUT2D eigenvalue weighted by atomic mass is 35.5. The van der Waals surface area contributed by atoms with E-state index < -0.39 is 6.10 Å². The van der Waals surface area contributed by atoms with Gasteiger partial charge in [-0.05, 0) is 36.2 Å². The van der Waals surface area contributed by atoms with Gasteiger partial charge in [-0.2, -0.15) is 5.10 Å². The van der Waals surface area contributed by atoms with Gasteiger partial charge in [0.2, 0.25) is 0 Å². The Morgan fingerprint density at radius 3 is 2.54 bits per heavy atom. The minimum atomic E-state index is -0.591. The Kier molecular flexibility index (Phi) is 5.20. The quantitative estimate of drug-likeness (QED) is 0.719. The molecule has 3 aromatic rings. The van der Waals surface area contributed by atoms with Crippen LogP contribution in [0.15, 0.2) is 55.2 Å². The highest BCUT2D eigenvalue weighted by molar-refractivity contribution is 6.30. The van der Waals surface area contributed by atoms with Crippen LogP contribution < -0.4 is 5.32 Å². The van der Waals surface area contributed by atoms with Crippen molar-refractivity contribution in [1.82, 2.24) is 25.1 Å². The molecular weight excluding hydrogens is 326 g/mol. The van der Waals surface area contributed by atoms with E-state index in [2.05, 4.69) is 20.4 Å². The summed E-state index contributed by atoms with van der Waals surface area (Å²) < 4.78 is 1.60. The van der Waals surface area contributed by atoms with E-state index in [0.29, 0.717) is 17.4 Å². The second-order valence-electron chi connectivity index (χ2n) is 5.49. The smallest absolute Gasteiger partial charge is 0.155 e. The molecule has 6 nitrogen and oxygen atoms in total. The molecule has 0 radical (unpaired) electrons. The zero-order valence-electron chi connectivity index (χ0n) is 13.2. The third-order valence-electron chi connectivity index (χ3n) is 3.80. The molecule has 124 valence electrons. The van der Waals surface area contributed by atoms with Gasteiger partial charge in [0.25, 0.3) is 0 Å². The van der Waals surface area contributed by atoms with Crippen molar-refractivity contribution in [3.05, 3.63) is 71.4 Å². The summed E-state index contributed by atoms with van der Waals surface area (Å²) in [7, 11) is 0. The fourth-order valence-corrected chi connectivity index (χ4v) is 2.45. The summed E-state index contributed by atoms with van der Waals surface area (Å²) in [5.41, 5.74) is 1.86. The summed E-state index contributed by atoms with van der Waals surface area (Å²) in [6, 6.07) is 11.1. The van der Waals surface area contributed by atoms with Crippen LogP contribution in [0.2, 0.25) is 5.02 Å². The van der Waals surface area contributed by atoms with Crippen LogP contribution in [0.3, 0.4) is 0 Å². The van der Waals surface area contributed by atoms with Gasteiger partial charge < -0.3 is 10.4 Å². The van der Waals surface area contributed by atoms with Crippen molar-refractivity contribution >= 4 is 11.6 Å². The predicted octanol–water partition coefficient (Wildman–Crippen LogP) is 2.70. The first kappa shape index (κ1) is 16.6. The van der Waals surface area contributed by atoms with Crippen LogP contribution in [0.1, 0.15) is 30.2 Å². The summed E-state index contributed by atoms with van der Waals surface area (Å²) in [4.78, 5) is 8.28. The summed E-state index contributed by atoms with van der Waals surface area (Å²) in [5, 5.41) is 18.2. The number of aliphatic hydroxyl groups excluding tert-OH is 1. The van der Waals surface area contributed by atoms with Crippen LogP contribution in [0.4, 0.5) is 0 Å². The number of aliphatic hydroxyl groups is 1. The van der Waals surface area contributed by atoms with Gasteiger partial charge in [-0.1, -0.05) is 29.8 Å². The second kappa shape index (κ2) is 7.53. The van der Waals surface area contributed by atoms with Crippen LogP contribution in [0.5, 0.6) is 0 Å². The normalized spacial score (nSPS) is 13.6. The SMILES string of the molecule is CC(NC[C@H](O)c1ccc(Cl)cc1)c1ccc(-n2cncn2)nc1. The molecule has 0 aliphatic carbocycles. The average molecular weight is 344 g/mol. The Balaban J connectivity index is 1.58. The van der Waals surface area contributed by atoms with Crippen LogP contribution in [-0.2, 0) is 0 Å². The van der Waals surface area contributed by atoms with Crippen molar-refractivity contribution < 1.29 is 5.11 Å². The molecule has 0 bridgehead atoms. The number of pyridine rings is 1. The second-order valence-corrected chi connectivity index (χ2v) is 5.92. The summed E-state index contributed by atoms with van der Waals surface area (Å²) >= 11 is 5.86. The molecule has 3 rings (SSSR count). The molecule has 7 heteroatoms. The molecule has 0 aliphatic heterocycles. The third-order valence-corrected chi connectivity index (χ3v) is 4.05. The molecule has 0 amide bonds. The lowest BCUT2D eigenvalue weighted by molar-refractivity contribution is 0.171. The standard InChI is InChI=1S/C17H18ClN5O/c1-12(20-9-16(24)13-2-5-15(18)6-3-13)14-4-7-17(21-8-14)23-11-19-10-22-23/h2-8,10-12,16,20,24H,9H2,1H3/t12?,16-/m0/s1. The monoisotopic (exact) mass is 343 g/mol. The van der Waals surface area contributed by atoms with Gasteiger partial charge in [0.05, 0.1) is 6.10 Å². The fourth-order valence-electron chi connectivity index (χ4n) is 2.32. The molecule has 2 N–H and O–H groups in total. The molecule has 0 spiro atoms. The van der Waals surface area contributed by atoms with Crippen LogP contribution in [-0.4, -0.2) is 31.4 Å².